The van der Waals surface area contributed by atoms with Gasteiger partial charge < -0.3 is 9.47 Å². The van der Waals surface area contributed by atoms with Crippen LogP contribution in [0.4, 0.5) is 0 Å². The van der Waals surface area contributed by atoms with Crippen LogP contribution in [0.2, 0.25) is 0 Å². The van der Waals surface area contributed by atoms with Crippen LogP contribution < -0.4 is 0 Å². The van der Waals surface area contributed by atoms with Gasteiger partial charge in [-0.25, -0.2) is 0 Å². The lowest BCUT2D eigenvalue weighted by atomic mass is 9.72. The maximum Gasteiger partial charge on any atom is 0.335 e. The van der Waals surface area contributed by atoms with Crippen LogP contribution >= 0.6 is 11.6 Å². The molecule has 4 nitrogen and oxygen atoms in total. The monoisotopic (exact) mass is 403 g/mol. The Labute approximate surface area is 171 Å². The number of rotatable bonds is 16. The summed E-state index contributed by atoms with van der Waals surface area (Å²) in [7, 11) is 0. The molecule has 158 valence electrons. The van der Waals surface area contributed by atoms with Crippen LogP contribution in [0, 0.1) is 29.7 Å². The first kappa shape index (κ1) is 24.7. The van der Waals surface area contributed by atoms with Gasteiger partial charge in [-0.2, -0.15) is 4.74 Å². The van der Waals surface area contributed by atoms with Gasteiger partial charge in [0.05, 0.1) is 0 Å². The van der Waals surface area contributed by atoms with Gasteiger partial charge in [-0.3, -0.25) is 4.79 Å². The van der Waals surface area contributed by atoms with Gasteiger partial charge in [-0.1, -0.05) is 13.8 Å². The number of hydrogen-bond donors (Lipinski definition) is 0. The highest BCUT2D eigenvalue weighted by atomic mass is 35.5. The molecule has 0 saturated heterocycles. The number of ether oxygens (including phenoxy) is 3. The van der Waals surface area contributed by atoms with Crippen molar-refractivity contribution in [3.8, 4) is 0 Å². The van der Waals surface area contributed by atoms with Crippen molar-refractivity contribution in [3.63, 3.8) is 0 Å². The summed E-state index contributed by atoms with van der Waals surface area (Å²) >= 11 is 5.32. The highest BCUT2D eigenvalue weighted by molar-refractivity contribution is 6.22. The molecule has 0 spiro atoms. The van der Waals surface area contributed by atoms with Crippen molar-refractivity contribution >= 4 is 17.4 Å². The number of halogens is 1. The highest BCUT2D eigenvalue weighted by Gasteiger charge is 2.30. The fraction of sp³-hybridized carbons (Fsp3) is 0.909. The van der Waals surface area contributed by atoms with Gasteiger partial charge >= 0.3 is 6.07 Å². The maximum absolute atomic E-state index is 11.6. The highest BCUT2D eigenvalue weighted by Crippen LogP contribution is 2.37. The van der Waals surface area contributed by atoms with Crippen molar-refractivity contribution in [3.05, 3.63) is 6.07 Å². The van der Waals surface area contributed by atoms with E-state index in [0.29, 0.717) is 36.1 Å². The number of carbonyl (C=O) groups is 1. The van der Waals surface area contributed by atoms with Crippen molar-refractivity contribution in [1.29, 1.82) is 0 Å². The quantitative estimate of drug-likeness (QED) is 0.248. The fourth-order valence-electron chi connectivity index (χ4n) is 3.99. The molecule has 1 atom stereocenters. The zero-order valence-electron chi connectivity index (χ0n) is 17.6. The van der Waals surface area contributed by atoms with Gasteiger partial charge in [-0.15, -0.1) is 0 Å². The van der Waals surface area contributed by atoms with Gasteiger partial charge in [0, 0.05) is 32.3 Å². The molecule has 0 N–H and O–H groups in total. The molecule has 5 heteroatoms. The predicted molar refractivity (Wildman–Crippen MR) is 111 cm³/mol. The number of carbonyl (C=O) groups excluding carboxylic acids is 1. The zero-order valence-corrected chi connectivity index (χ0v) is 18.3. The van der Waals surface area contributed by atoms with E-state index < -0.39 is 0 Å². The summed E-state index contributed by atoms with van der Waals surface area (Å²) in [5, 5.41) is 0. The number of ketones is 1. The molecule has 0 aromatic carbocycles. The first-order chi connectivity index (χ1) is 13.1. The van der Waals surface area contributed by atoms with Crippen LogP contribution in [0.15, 0.2) is 0 Å². The molecule has 1 unspecified atom stereocenters. The average Bonchev–Trinajstić information content (AvgIpc) is 2.65. The molecule has 0 aromatic heterocycles. The van der Waals surface area contributed by atoms with Crippen LogP contribution in [-0.4, -0.2) is 38.8 Å². The molecule has 1 rings (SSSR count). The zero-order chi connectivity index (χ0) is 19.9. The van der Waals surface area contributed by atoms with E-state index in [1.807, 2.05) is 0 Å². The van der Waals surface area contributed by atoms with Gasteiger partial charge in [-0.05, 0) is 76.0 Å². The van der Waals surface area contributed by atoms with Crippen molar-refractivity contribution in [1.82, 2.24) is 0 Å². The van der Waals surface area contributed by atoms with Gasteiger partial charge in [0.15, 0.2) is 11.6 Å². The summed E-state index contributed by atoms with van der Waals surface area (Å²) in [4.78, 5) is 11.6. The standard InChI is InChI=1S/C22H40ClO4/c1-18(2)22(21-10-8-20(9-11-21)19(3)24)16-26-14-6-4-12-25-13-5-7-15-27-17-23/h17-18,20-22H,4-16H2,1-3H3/q+1. The minimum Gasteiger partial charge on any atom is -0.381 e. The number of Topliss-reactive ketones (excluding diaryl/α,β-unsaturated/α-hetero) is 1. The second kappa shape index (κ2) is 15.6. The second-order valence-corrected chi connectivity index (χ2v) is 8.37. The van der Waals surface area contributed by atoms with E-state index in [1.54, 1.807) is 6.92 Å². The van der Waals surface area contributed by atoms with E-state index in [0.717, 1.165) is 65.0 Å². The molecule has 1 aliphatic rings. The maximum atomic E-state index is 11.6. The van der Waals surface area contributed by atoms with Crippen molar-refractivity contribution in [2.45, 2.75) is 72.1 Å². The molecule has 0 amide bonds. The molecular formula is C22H40ClO4+. The molecule has 27 heavy (non-hydrogen) atoms. The summed E-state index contributed by atoms with van der Waals surface area (Å²) in [5.74, 6) is 2.63. The van der Waals surface area contributed by atoms with Crippen LogP contribution in [0.3, 0.4) is 0 Å². The van der Waals surface area contributed by atoms with E-state index in [4.69, 9.17) is 25.8 Å². The average molecular weight is 404 g/mol. The smallest absolute Gasteiger partial charge is 0.335 e. The van der Waals surface area contributed by atoms with E-state index in [2.05, 4.69) is 13.8 Å². The van der Waals surface area contributed by atoms with Crippen molar-refractivity contribution in [2.24, 2.45) is 23.7 Å². The molecule has 1 aliphatic carbocycles. The Morgan fingerprint density at radius 3 is 2.04 bits per heavy atom. The molecule has 0 aromatic rings. The molecule has 0 heterocycles. The topological polar surface area (TPSA) is 44.8 Å². The van der Waals surface area contributed by atoms with Gasteiger partial charge in [0.25, 0.3) is 0 Å². The van der Waals surface area contributed by atoms with Crippen molar-refractivity contribution in [2.75, 3.05) is 33.0 Å². The fourth-order valence-corrected chi connectivity index (χ4v) is 4.08. The third-order valence-corrected chi connectivity index (χ3v) is 5.94. The predicted octanol–water partition coefficient (Wildman–Crippen LogP) is 5.62. The Balaban J connectivity index is 2.03. The molecule has 0 bridgehead atoms. The Bertz CT molecular complexity index is 367. The molecule has 0 radical (unpaired) electrons. The van der Waals surface area contributed by atoms with E-state index >= 15 is 0 Å². The minimum atomic E-state index is 0.307. The lowest BCUT2D eigenvalue weighted by molar-refractivity contribution is -0.122. The third-order valence-electron chi connectivity index (χ3n) is 5.81. The van der Waals surface area contributed by atoms with Crippen LogP contribution in [-0.2, 0) is 19.0 Å². The summed E-state index contributed by atoms with van der Waals surface area (Å²) in [5.41, 5.74) is 0. The Kier molecular flexibility index (Phi) is 14.3. The number of hydrogen-bond acceptors (Lipinski definition) is 4. The lowest BCUT2D eigenvalue weighted by Gasteiger charge is -2.35. The Morgan fingerprint density at radius 2 is 1.52 bits per heavy atom. The SMILES string of the molecule is CC(=O)C1CCC(C(COCCCCOCCCCO[CH+]Cl)C(C)C)CC1. The third kappa shape index (κ3) is 11.3. The largest absolute Gasteiger partial charge is 0.381 e. The first-order valence-corrected chi connectivity index (χ1v) is 11.2. The summed E-state index contributed by atoms with van der Waals surface area (Å²) in [6, 6.07) is 1.21. The molecular weight excluding hydrogens is 364 g/mol. The van der Waals surface area contributed by atoms with E-state index in [-0.39, 0.29) is 0 Å². The normalized spacial score (nSPS) is 21.4. The molecule has 1 fully saturated rings. The Hall–Kier alpha value is -0.290. The first-order valence-electron chi connectivity index (χ1n) is 10.8. The van der Waals surface area contributed by atoms with E-state index in [9.17, 15) is 4.79 Å². The van der Waals surface area contributed by atoms with Crippen LogP contribution in [0.5, 0.6) is 0 Å². The molecule has 1 saturated carbocycles. The summed E-state index contributed by atoms with van der Waals surface area (Å²) in [6.45, 7) is 10.3. The number of unbranched alkanes of at least 4 members (excludes halogenated alkanes) is 2. The van der Waals surface area contributed by atoms with Gasteiger partial charge in [0.1, 0.15) is 12.4 Å². The Morgan fingerprint density at radius 1 is 0.963 bits per heavy atom. The second-order valence-electron chi connectivity index (χ2n) is 8.19. The minimum absolute atomic E-state index is 0.307. The van der Waals surface area contributed by atoms with Crippen LogP contribution in [0.1, 0.15) is 72.1 Å². The summed E-state index contributed by atoms with van der Waals surface area (Å²) < 4.78 is 16.6. The van der Waals surface area contributed by atoms with Gasteiger partial charge in [0.2, 0.25) is 0 Å². The summed E-state index contributed by atoms with van der Waals surface area (Å²) in [6.07, 6.45) is 8.55. The molecule has 0 aliphatic heterocycles. The van der Waals surface area contributed by atoms with Crippen LogP contribution in [0.25, 0.3) is 0 Å². The van der Waals surface area contributed by atoms with Crippen molar-refractivity contribution < 1.29 is 19.0 Å². The lowest BCUT2D eigenvalue weighted by Crippen LogP contribution is -2.30. The van der Waals surface area contributed by atoms with E-state index in [1.165, 1.54) is 18.9 Å².